The minimum absolute atomic E-state index is 0.00671. The van der Waals surface area contributed by atoms with Gasteiger partial charge in [-0.05, 0) is 18.1 Å². The number of carbonyl (C=O) groups is 1. The van der Waals surface area contributed by atoms with Gasteiger partial charge in [0, 0.05) is 11.8 Å². The van der Waals surface area contributed by atoms with Crippen LogP contribution in [0.3, 0.4) is 0 Å². The van der Waals surface area contributed by atoms with Crippen LogP contribution >= 0.6 is 0 Å². The van der Waals surface area contributed by atoms with Crippen molar-refractivity contribution in [3.63, 3.8) is 0 Å². The zero-order valence-corrected chi connectivity index (χ0v) is 10.6. The predicted octanol–water partition coefficient (Wildman–Crippen LogP) is 2.17. The molecule has 2 N–H and O–H groups in total. The average Bonchev–Trinajstić information content (AvgIpc) is 2.54. The van der Waals surface area contributed by atoms with Crippen LogP contribution in [0.5, 0.6) is 0 Å². The SMILES string of the molecule is CCOC(=O)C1(N)C(C)c2ccccc2C1C. The van der Waals surface area contributed by atoms with Crippen LogP contribution in [0.4, 0.5) is 0 Å². The Morgan fingerprint density at radius 3 is 2.18 bits per heavy atom. The van der Waals surface area contributed by atoms with Gasteiger partial charge in [0.25, 0.3) is 0 Å². The zero-order valence-electron chi connectivity index (χ0n) is 10.6. The van der Waals surface area contributed by atoms with Crippen molar-refractivity contribution in [3.05, 3.63) is 35.4 Å². The Labute approximate surface area is 102 Å². The van der Waals surface area contributed by atoms with Gasteiger partial charge in [0.15, 0.2) is 0 Å². The normalized spacial score (nSPS) is 31.1. The van der Waals surface area contributed by atoms with Gasteiger partial charge in [-0.2, -0.15) is 0 Å². The molecule has 0 bridgehead atoms. The molecule has 1 aromatic rings. The average molecular weight is 233 g/mol. The second-order valence-electron chi connectivity index (χ2n) is 4.73. The van der Waals surface area contributed by atoms with E-state index in [0.717, 1.165) is 11.1 Å². The van der Waals surface area contributed by atoms with Crippen LogP contribution in [0.15, 0.2) is 24.3 Å². The molecule has 0 amide bonds. The summed E-state index contributed by atoms with van der Waals surface area (Å²) in [5.74, 6) is -0.309. The van der Waals surface area contributed by atoms with E-state index < -0.39 is 5.54 Å². The Balaban J connectivity index is 2.44. The van der Waals surface area contributed by atoms with Crippen molar-refractivity contribution in [1.82, 2.24) is 0 Å². The second-order valence-corrected chi connectivity index (χ2v) is 4.73. The molecule has 92 valence electrons. The Morgan fingerprint density at radius 1 is 1.29 bits per heavy atom. The highest BCUT2D eigenvalue weighted by molar-refractivity contribution is 5.85. The van der Waals surface area contributed by atoms with Crippen molar-refractivity contribution in [2.24, 2.45) is 5.73 Å². The number of ether oxygens (including phenoxy) is 1. The highest BCUT2D eigenvalue weighted by atomic mass is 16.5. The Kier molecular flexibility index (Phi) is 2.96. The predicted molar refractivity (Wildman–Crippen MR) is 66.8 cm³/mol. The molecular weight excluding hydrogens is 214 g/mol. The number of esters is 1. The topological polar surface area (TPSA) is 52.3 Å². The first kappa shape index (κ1) is 12.1. The molecule has 0 saturated carbocycles. The van der Waals surface area contributed by atoms with Crippen LogP contribution in [0.25, 0.3) is 0 Å². The maximum Gasteiger partial charge on any atom is 0.327 e. The maximum atomic E-state index is 12.1. The molecule has 0 fully saturated rings. The van der Waals surface area contributed by atoms with Crippen LogP contribution in [-0.4, -0.2) is 18.1 Å². The highest BCUT2D eigenvalue weighted by Gasteiger charge is 2.52. The molecule has 1 aliphatic rings. The fourth-order valence-electron chi connectivity index (χ4n) is 2.80. The fourth-order valence-corrected chi connectivity index (χ4v) is 2.80. The minimum Gasteiger partial charge on any atom is -0.465 e. The van der Waals surface area contributed by atoms with E-state index in [-0.39, 0.29) is 17.8 Å². The van der Waals surface area contributed by atoms with Gasteiger partial charge in [0.05, 0.1) is 6.61 Å². The van der Waals surface area contributed by atoms with E-state index in [9.17, 15) is 4.79 Å². The van der Waals surface area contributed by atoms with Crippen molar-refractivity contribution in [3.8, 4) is 0 Å². The summed E-state index contributed by atoms with van der Waals surface area (Å²) in [5, 5.41) is 0. The lowest BCUT2D eigenvalue weighted by Crippen LogP contribution is -2.53. The number of carbonyl (C=O) groups excluding carboxylic acids is 1. The number of nitrogens with two attached hydrogens (primary N) is 1. The fraction of sp³-hybridized carbons (Fsp3) is 0.500. The summed E-state index contributed by atoms with van der Waals surface area (Å²) in [5.41, 5.74) is 7.75. The summed E-state index contributed by atoms with van der Waals surface area (Å²) < 4.78 is 5.14. The summed E-state index contributed by atoms with van der Waals surface area (Å²) in [6.45, 7) is 6.17. The summed E-state index contributed by atoms with van der Waals surface area (Å²) >= 11 is 0. The standard InChI is InChI=1S/C14H19NO2/c1-4-17-13(16)14(15)9(2)11-7-5-6-8-12(11)10(14)3/h5-10H,4,15H2,1-3H3. The minimum atomic E-state index is -0.931. The molecule has 0 heterocycles. The van der Waals surface area contributed by atoms with E-state index in [0.29, 0.717) is 6.61 Å². The lowest BCUT2D eigenvalue weighted by molar-refractivity contribution is -0.150. The van der Waals surface area contributed by atoms with Crippen LogP contribution in [-0.2, 0) is 9.53 Å². The van der Waals surface area contributed by atoms with Crippen molar-refractivity contribution >= 4 is 5.97 Å². The molecule has 0 aromatic heterocycles. The first-order valence-corrected chi connectivity index (χ1v) is 6.08. The second kappa shape index (κ2) is 4.15. The number of hydrogen-bond donors (Lipinski definition) is 1. The summed E-state index contributed by atoms with van der Waals surface area (Å²) in [6.07, 6.45) is 0. The smallest absolute Gasteiger partial charge is 0.327 e. The van der Waals surface area contributed by atoms with Crippen LogP contribution in [0, 0.1) is 0 Å². The van der Waals surface area contributed by atoms with Crippen molar-refractivity contribution < 1.29 is 9.53 Å². The van der Waals surface area contributed by atoms with Crippen molar-refractivity contribution in [2.45, 2.75) is 38.1 Å². The third-order valence-electron chi connectivity index (χ3n) is 3.99. The van der Waals surface area contributed by atoms with Crippen LogP contribution < -0.4 is 5.73 Å². The molecule has 17 heavy (non-hydrogen) atoms. The van der Waals surface area contributed by atoms with Gasteiger partial charge < -0.3 is 10.5 Å². The highest BCUT2D eigenvalue weighted by Crippen LogP contribution is 2.47. The molecule has 0 saturated heterocycles. The lowest BCUT2D eigenvalue weighted by Gasteiger charge is -2.31. The van der Waals surface area contributed by atoms with Gasteiger partial charge in [0.1, 0.15) is 5.54 Å². The Bertz CT molecular complexity index is 413. The van der Waals surface area contributed by atoms with Crippen molar-refractivity contribution in [2.75, 3.05) is 6.61 Å². The third kappa shape index (κ3) is 1.57. The van der Waals surface area contributed by atoms with E-state index in [1.54, 1.807) is 6.92 Å². The molecule has 2 atom stereocenters. The molecule has 0 radical (unpaired) electrons. The molecule has 1 aliphatic carbocycles. The van der Waals surface area contributed by atoms with Gasteiger partial charge in [-0.15, -0.1) is 0 Å². The van der Waals surface area contributed by atoms with Gasteiger partial charge >= 0.3 is 5.97 Å². The molecule has 3 nitrogen and oxygen atoms in total. The van der Waals surface area contributed by atoms with E-state index in [1.165, 1.54) is 0 Å². The molecule has 0 spiro atoms. The van der Waals surface area contributed by atoms with E-state index in [1.807, 2.05) is 38.1 Å². The maximum absolute atomic E-state index is 12.1. The zero-order chi connectivity index (χ0) is 12.6. The largest absolute Gasteiger partial charge is 0.465 e. The Hall–Kier alpha value is -1.35. The van der Waals surface area contributed by atoms with E-state index in [2.05, 4.69) is 0 Å². The quantitative estimate of drug-likeness (QED) is 0.796. The number of fused-ring (bicyclic) bond motifs is 1. The van der Waals surface area contributed by atoms with Gasteiger partial charge in [-0.3, -0.25) is 4.79 Å². The summed E-state index contributed by atoms with van der Waals surface area (Å²) in [7, 11) is 0. The van der Waals surface area contributed by atoms with E-state index in [4.69, 9.17) is 10.5 Å². The number of rotatable bonds is 2. The molecule has 2 rings (SSSR count). The Morgan fingerprint density at radius 2 is 1.76 bits per heavy atom. The van der Waals surface area contributed by atoms with Gasteiger partial charge in [0.2, 0.25) is 0 Å². The molecule has 2 unspecified atom stereocenters. The first-order valence-electron chi connectivity index (χ1n) is 6.08. The van der Waals surface area contributed by atoms with E-state index >= 15 is 0 Å². The molecule has 0 aliphatic heterocycles. The summed E-state index contributed by atoms with van der Waals surface area (Å²) in [4.78, 5) is 12.1. The van der Waals surface area contributed by atoms with Crippen LogP contribution in [0.2, 0.25) is 0 Å². The van der Waals surface area contributed by atoms with Crippen molar-refractivity contribution in [1.29, 1.82) is 0 Å². The third-order valence-corrected chi connectivity index (χ3v) is 3.99. The lowest BCUT2D eigenvalue weighted by atomic mass is 9.81. The number of hydrogen-bond acceptors (Lipinski definition) is 3. The van der Waals surface area contributed by atoms with Crippen LogP contribution in [0.1, 0.15) is 43.7 Å². The molecule has 3 heteroatoms. The number of benzene rings is 1. The first-order chi connectivity index (χ1) is 8.03. The molecule has 1 aromatic carbocycles. The molecular formula is C14H19NO2. The summed E-state index contributed by atoms with van der Waals surface area (Å²) in [6, 6.07) is 8.06. The monoisotopic (exact) mass is 233 g/mol. The van der Waals surface area contributed by atoms with Gasteiger partial charge in [-0.1, -0.05) is 38.1 Å². The van der Waals surface area contributed by atoms with Gasteiger partial charge in [-0.25, -0.2) is 0 Å².